The van der Waals surface area contributed by atoms with Crippen molar-refractivity contribution in [2.24, 2.45) is 0 Å². The maximum atomic E-state index is 12.7. The zero-order valence-electron chi connectivity index (χ0n) is 12.8. The standard InChI is InChI=1S/C16H19N3O2S/c1-11-10-22-15(18-11)16(7-3-4-8-16)19-13(20)12-6-5-9-17-14(12)21-2/h5-6,9-10H,3-4,7-8H2,1-2H3,(H,19,20). The van der Waals surface area contributed by atoms with Crippen molar-refractivity contribution < 1.29 is 9.53 Å². The summed E-state index contributed by atoms with van der Waals surface area (Å²) in [4.78, 5) is 21.4. The topological polar surface area (TPSA) is 64.1 Å². The Hall–Kier alpha value is -1.95. The Morgan fingerprint density at radius 1 is 1.41 bits per heavy atom. The number of rotatable bonds is 4. The van der Waals surface area contributed by atoms with E-state index in [1.165, 1.54) is 7.11 Å². The third kappa shape index (κ3) is 2.70. The number of aromatic nitrogens is 2. The van der Waals surface area contributed by atoms with E-state index in [1.54, 1.807) is 29.7 Å². The molecule has 116 valence electrons. The fourth-order valence-corrected chi connectivity index (χ4v) is 3.97. The first kappa shape index (κ1) is 15.0. The highest BCUT2D eigenvalue weighted by atomic mass is 32.1. The Labute approximate surface area is 133 Å². The van der Waals surface area contributed by atoms with Gasteiger partial charge in [0, 0.05) is 17.3 Å². The molecule has 3 rings (SSSR count). The van der Waals surface area contributed by atoms with Crippen LogP contribution in [0.15, 0.2) is 23.7 Å². The number of ether oxygens (including phenoxy) is 1. The van der Waals surface area contributed by atoms with Crippen molar-refractivity contribution in [1.29, 1.82) is 0 Å². The van der Waals surface area contributed by atoms with Crippen LogP contribution >= 0.6 is 11.3 Å². The minimum Gasteiger partial charge on any atom is -0.480 e. The predicted octanol–water partition coefficient (Wildman–Crippen LogP) is 3.05. The molecular weight excluding hydrogens is 298 g/mol. The first-order chi connectivity index (χ1) is 10.6. The van der Waals surface area contributed by atoms with Gasteiger partial charge in [-0.1, -0.05) is 12.8 Å². The average Bonchev–Trinajstić information content (AvgIpc) is 3.17. The Morgan fingerprint density at radius 2 is 2.18 bits per heavy atom. The van der Waals surface area contributed by atoms with Crippen molar-refractivity contribution in [3.8, 4) is 5.88 Å². The number of hydrogen-bond acceptors (Lipinski definition) is 5. The molecule has 2 aromatic rings. The van der Waals surface area contributed by atoms with E-state index in [9.17, 15) is 4.79 Å². The Kier molecular flexibility index (Phi) is 4.11. The number of amides is 1. The molecule has 1 aliphatic carbocycles. The minimum absolute atomic E-state index is 0.153. The van der Waals surface area contributed by atoms with Crippen LogP contribution in [0.4, 0.5) is 0 Å². The zero-order chi connectivity index (χ0) is 15.6. The summed E-state index contributed by atoms with van der Waals surface area (Å²) >= 11 is 1.62. The maximum Gasteiger partial charge on any atom is 0.257 e. The molecule has 0 aromatic carbocycles. The molecule has 0 aliphatic heterocycles. The van der Waals surface area contributed by atoms with Gasteiger partial charge in [-0.05, 0) is 31.9 Å². The lowest BCUT2D eigenvalue weighted by Gasteiger charge is -2.28. The van der Waals surface area contributed by atoms with E-state index in [2.05, 4.69) is 15.3 Å². The maximum absolute atomic E-state index is 12.7. The molecule has 1 fully saturated rings. The van der Waals surface area contributed by atoms with E-state index < -0.39 is 0 Å². The molecule has 0 spiro atoms. The van der Waals surface area contributed by atoms with E-state index in [0.717, 1.165) is 36.4 Å². The molecule has 22 heavy (non-hydrogen) atoms. The van der Waals surface area contributed by atoms with Crippen LogP contribution in [0.5, 0.6) is 5.88 Å². The molecule has 1 aliphatic rings. The fourth-order valence-electron chi connectivity index (χ4n) is 2.96. The monoisotopic (exact) mass is 317 g/mol. The first-order valence-corrected chi connectivity index (χ1v) is 8.27. The van der Waals surface area contributed by atoms with Crippen molar-refractivity contribution in [3.05, 3.63) is 40.0 Å². The van der Waals surface area contributed by atoms with Gasteiger partial charge in [0.25, 0.3) is 5.91 Å². The number of carbonyl (C=O) groups excluding carboxylic acids is 1. The zero-order valence-corrected chi connectivity index (χ0v) is 13.6. The van der Waals surface area contributed by atoms with E-state index in [4.69, 9.17) is 4.74 Å². The summed E-state index contributed by atoms with van der Waals surface area (Å²) in [5.74, 6) is 0.197. The molecule has 2 heterocycles. The van der Waals surface area contributed by atoms with Gasteiger partial charge in [0.05, 0.1) is 12.6 Å². The van der Waals surface area contributed by atoms with Crippen molar-refractivity contribution in [3.63, 3.8) is 0 Å². The van der Waals surface area contributed by atoms with E-state index in [0.29, 0.717) is 11.4 Å². The molecule has 1 N–H and O–H groups in total. The average molecular weight is 317 g/mol. The molecule has 5 nitrogen and oxygen atoms in total. The van der Waals surface area contributed by atoms with Crippen LogP contribution in [0.1, 0.15) is 46.7 Å². The molecule has 0 atom stereocenters. The number of aryl methyl sites for hydroxylation is 1. The second-order valence-corrected chi connectivity index (χ2v) is 6.46. The number of nitrogens with one attached hydrogen (secondary N) is 1. The Balaban J connectivity index is 1.90. The molecule has 1 saturated carbocycles. The van der Waals surface area contributed by atoms with Gasteiger partial charge >= 0.3 is 0 Å². The predicted molar refractivity (Wildman–Crippen MR) is 85.3 cm³/mol. The highest BCUT2D eigenvalue weighted by Crippen LogP contribution is 2.40. The number of nitrogens with zero attached hydrogens (tertiary/aromatic N) is 2. The van der Waals surface area contributed by atoms with Gasteiger partial charge in [0.2, 0.25) is 5.88 Å². The Morgan fingerprint density at radius 3 is 2.82 bits per heavy atom. The summed E-state index contributed by atoms with van der Waals surface area (Å²) in [6, 6.07) is 3.48. The molecule has 0 unspecified atom stereocenters. The van der Waals surface area contributed by atoms with Gasteiger partial charge in [0.15, 0.2) is 0 Å². The number of carbonyl (C=O) groups is 1. The van der Waals surface area contributed by atoms with Crippen LogP contribution in [0, 0.1) is 6.92 Å². The number of methoxy groups -OCH3 is 1. The van der Waals surface area contributed by atoms with Gasteiger partial charge in [-0.2, -0.15) is 0 Å². The van der Waals surface area contributed by atoms with Crippen LogP contribution < -0.4 is 10.1 Å². The highest BCUT2D eigenvalue weighted by molar-refractivity contribution is 7.09. The normalized spacial score (nSPS) is 16.5. The number of hydrogen-bond donors (Lipinski definition) is 1. The SMILES string of the molecule is COc1ncccc1C(=O)NC1(c2nc(C)cs2)CCCC1. The quantitative estimate of drug-likeness (QED) is 0.941. The summed E-state index contributed by atoms with van der Waals surface area (Å²) in [6.45, 7) is 1.98. The van der Waals surface area contributed by atoms with Gasteiger partial charge < -0.3 is 10.1 Å². The molecule has 0 bridgehead atoms. The van der Waals surface area contributed by atoms with Gasteiger partial charge in [-0.3, -0.25) is 4.79 Å². The molecule has 0 radical (unpaired) electrons. The molecule has 6 heteroatoms. The summed E-state index contributed by atoms with van der Waals surface area (Å²) in [5, 5.41) is 6.23. The third-order valence-electron chi connectivity index (χ3n) is 4.05. The highest BCUT2D eigenvalue weighted by Gasteiger charge is 2.40. The van der Waals surface area contributed by atoms with E-state index >= 15 is 0 Å². The molecular formula is C16H19N3O2S. The minimum atomic E-state index is -0.350. The third-order valence-corrected chi connectivity index (χ3v) is 5.21. The summed E-state index contributed by atoms with van der Waals surface area (Å²) < 4.78 is 5.19. The van der Waals surface area contributed by atoms with Gasteiger partial charge in [-0.25, -0.2) is 9.97 Å². The molecule has 2 aromatic heterocycles. The van der Waals surface area contributed by atoms with E-state index in [-0.39, 0.29) is 11.4 Å². The van der Waals surface area contributed by atoms with Crippen molar-refractivity contribution in [1.82, 2.24) is 15.3 Å². The van der Waals surface area contributed by atoms with Crippen LogP contribution in [0.25, 0.3) is 0 Å². The van der Waals surface area contributed by atoms with Crippen LogP contribution in [-0.4, -0.2) is 23.0 Å². The van der Waals surface area contributed by atoms with Gasteiger partial charge in [-0.15, -0.1) is 11.3 Å². The van der Waals surface area contributed by atoms with Crippen LogP contribution in [-0.2, 0) is 5.54 Å². The summed E-state index contributed by atoms with van der Waals surface area (Å²) in [6.07, 6.45) is 5.67. The first-order valence-electron chi connectivity index (χ1n) is 7.39. The molecule has 0 saturated heterocycles. The molecule has 1 amide bonds. The largest absolute Gasteiger partial charge is 0.480 e. The van der Waals surface area contributed by atoms with Gasteiger partial charge in [0.1, 0.15) is 10.6 Å². The van der Waals surface area contributed by atoms with Crippen molar-refractivity contribution in [2.45, 2.75) is 38.1 Å². The van der Waals surface area contributed by atoms with Crippen LogP contribution in [0.2, 0.25) is 0 Å². The summed E-state index contributed by atoms with van der Waals surface area (Å²) in [5.41, 5.74) is 1.11. The van der Waals surface area contributed by atoms with Crippen molar-refractivity contribution in [2.75, 3.05) is 7.11 Å². The fraction of sp³-hybridized carbons (Fsp3) is 0.438. The second-order valence-electron chi connectivity index (χ2n) is 5.60. The lowest BCUT2D eigenvalue weighted by molar-refractivity contribution is 0.0894. The van der Waals surface area contributed by atoms with E-state index in [1.807, 2.05) is 12.3 Å². The number of pyridine rings is 1. The van der Waals surface area contributed by atoms with Crippen molar-refractivity contribution >= 4 is 17.2 Å². The number of thiazole rings is 1. The smallest absolute Gasteiger partial charge is 0.257 e. The van der Waals surface area contributed by atoms with Crippen LogP contribution in [0.3, 0.4) is 0 Å². The lowest BCUT2D eigenvalue weighted by Crippen LogP contribution is -2.44. The summed E-state index contributed by atoms with van der Waals surface area (Å²) in [7, 11) is 1.52. The Bertz CT molecular complexity index is 678. The second kappa shape index (κ2) is 6.04. The lowest BCUT2D eigenvalue weighted by atomic mass is 9.97.